The molecule has 134 valence electrons. The molecule has 0 spiro atoms. The molecular weight excluding hydrogens is 308 g/mol. The van der Waals surface area contributed by atoms with Gasteiger partial charge in [-0.3, -0.25) is 0 Å². The van der Waals surface area contributed by atoms with E-state index in [2.05, 4.69) is 17.6 Å². The summed E-state index contributed by atoms with van der Waals surface area (Å²) in [6.45, 7) is 10.7. The molecule has 1 amide bonds. The normalized spacial score (nSPS) is 15.7. The maximum absolute atomic E-state index is 11.7. The Hall–Kier alpha value is -1.95. The van der Waals surface area contributed by atoms with Crippen LogP contribution >= 0.6 is 0 Å². The highest BCUT2D eigenvalue weighted by molar-refractivity contribution is 5.68. The van der Waals surface area contributed by atoms with Crippen LogP contribution in [0.4, 0.5) is 4.79 Å². The average Bonchev–Trinajstić information content (AvgIpc) is 2.92. The molecule has 0 radical (unpaired) electrons. The minimum Gasteiger partial charge on any atom is -0.454 e. The molecule has 0 fully saturated rings. The Labute approximate surface area is 143 Å². The van der Waals surface area contributed by atoms with E-state index >= 15 is 0 Å². The number of carbonyl (C=O) groups excluding carboxylic acids is 1. The largest absolute Gasteiger partial charge is 0.454 e. The SMILES string of the molecule is CC(CCNC(C)c1ccc2c(c1)OCO2)NC(=O)OC(C)(C)C. The van der Waals surface area contributed by atoms with Crippen molar-refractivity contribution < 1.29 is 19.0 Å². The van der Waals surface area contributed by atoms with Gasteiger partial charge < -0.3 is 24.8 Å². The van der Waals surface area contributed by atoms with Crippen molar-refractivity contribution in [2.75, 3.05) is 13.3 Å². The maximum atomic E-state index is 11.7. The monoisotopic (exact) mass is 336 g/mol. The van der Waals surface area contributed by atoms with Crippen LogP contribution in [-0.4, -0.2) is 31.1 Å². The Bertz CT molecular complexity index is 569. The van der Waals surface area contributed by atoms with E-state index in [1.165, 1.54) is 0 Å². The molecule has 0 saturated heterocycles. The van der Waals surface area contributed by atoms with Gasteiger partial charge in [-0.25, -0.2) is 4.79 Å². The summed E-state index contributed by atoms with van der Waals surface area (Å²) in [4.78, 5) is 11.7. The van der Waals surface area contributed by atoms with Crippen LogP contribution in [0, 0.1) is 0 Å². The maximum Gasteiger partial charge on any atom is 0.407 e. The van der Waals surface area contributed by atoms with Crippen molar-refractivity contribution in [3.63, 3.8) is 0 Å². The molecule has 1 aromatic carbocycles. The zero-order chi connectivity index (χ0) is 17.7. The predicted molar refractivity (Wildman–Crippen MR) is 92.4 cm³/mol. The van der Waals surface area contributed by atoms with E-state index in [0.29, 0.717) is 0 Å². The first-order chi connectivity index (χ1) is 11.2. The number of nitrogens with one attached hydrogen (secondary N) is 2. The number of carbonyl (C=O) groups is 1. The average molecular weight is 336 g/mol. The second-order valence-corrected chi connectivity index (χ2v) is 7.12. The van der Waals surface area contributed by atoms with Gasteiger partial charge in [0.05, 0.1) is 0 Å². The topological polar surface area (TPSA) is 68.8 Å². The Morgan fingerprint density at radius 2 is 1.96 bits per heavy atom. The van der Waals surface area contributed by atoms with Gasteiger partial charge in [-0.2, -0.15) is 0 Å². The number of hydrogen-bond acceptors (Lipinski definition) is 5. The molecule has 2 atom stereocenters. The summed E-state index contributed by atoms with van der Waals surface area (Å²) in [7, 11) is 0. The van der Waals surface area contributed by atoms with E-state index in [1.807, 2.05) is 45.9 Å². The molecule has 2 rings (SSSR count). The fraction of sp³-hybridized carbons (Fsp3) is 0.611. The van der Waals surface area contributed by atoms with Crippen LogP contribution in [0.25, 0.3) is 0 Å². The Morgan fingerprint density at radius 3 is 2.67 bits per heavy atom. The number of amides is 1. The van der Waals surface area contributed by atoms with Crippen molar-refractivity contribution in [3.05, 3.63) is 23.8 Å². The highest BCUT2D eigenvalue weighted by Gasteiger charge is 2.18. The van der Waals surface area contributed by atoms with Gasteiger partial charge in [0.1, 0.15) is 5.60 Å². The third-order valence-corrected chi connectivity index (χ3v) is 3.69. The zero-order valence-electron chi connectivity index (χ0n) is 15.1. The quantitative estimate of drug-likeness (QED) is 0.833. The molecular formula is C18H28N2O4. The molecule has 0 aromatic heterocycles. The molecule has 6 heteroatoms. The van der Waals surface area contributed by atoms with Crippen molar-refractivity contribution >= 4 is 6.09 Å². The van der Waals surface area contributed by atoms with Gasteiger partial charge >= 0.3 is 6.09 Å². The van der Waals surface area contributed by atoms with Gasteiger partial charge in [-0.15, -0.1) is 0 Å². The van der Waals surface area contributed by atoms with Crippen LogP contribution in [0.5, 0.6) is 11.5 Å². The summed E-state index contributed by atoms with van der Waals surface area (Å²) in [6.07, 6.45) is 0.438. The highest BCUT2D eigenvalue weighted by atomic mass is 16.7. The minimum absolute atomic E-state index is 0.0382. The standard InChI is InChI=1S/C18H28N2O4/c1-12(20-17(21)24-18(3,4)5)8-9-19-13(2)14-6-7-15-16(10-14)23-11-22-15/h6-7,10,12-13,19H,8-9,11H2,1-5H3,(H,20,21). The Morgan fingerprint density at radius 1 is 1.25 bits per heavy atom. The van der Waals surface area contributed by atoms with E-state index in [0.717, 1.165) is 30.0 Å². The van der Waals surface area contributed by atoms with Crippen LogP contribution in [0.2, 0.25) is 0 Å². The van der Waals surface area contributed by atoms with E-state index < -0.39 is 5.60 Å². The molecule has 2 unspecified atom stereocenters. The molecule has 1 heterocycles. The summed E-state index contributed by atoms with van der Waals surface area (Å²) in [5.74, 6) is 1.59. The summed E-state index contributed by atoms with van der Waals surface area (Å²) in [6, 6.07) is 6.20. The highest BCUT2D eigenvalue weighted by Crippen LogP contribution is 2.34. The van der Waals surface area contributed by atoms with Gasteiger partial charge in [-0.05, 0) is 65.3 Å². The summed E-state index contributed by atoms with van der Waals surface area (Å²) in [5, 5.41) is 6.30. The van der Waals surface area contributed by atoms with Crippen molar-refractivity contribution in [2.45, 2.75) is 58.7 Å². The van der Waals surface area contributed by atoms with E-state index in [-0.39, 0.29) is 25.0 Å². The van der Waals surface area contributed by atoms with Crippen molar-refractivity contribution in [1.82, 2.24) is 10.6 Å². The molecule has 6 nitrogen and oxygen atoms in total. The van der Waals surface area contributed by atoms with Crippen molar-refractivity contribution in [1.29, 1.82) is 0 Å². The molecule has 1 aromatic rings. The van der Waals surface area contributed by atoms with Crippen LogP contribution in [0.1, 0.15) is 52.6 Å². The third kappa shape index (κ3) is 5.60. The van der Waals surface area contributed by atoms with Gasteiger partial charge in [0.25, 0.3) is 0 Å². The second kappa shape index (κ2) is 7.75. The summed E-state index contributed by atoms with van der Waals surface area (Å²) < 4.78 is 16.0. The second-order valence-electron chi connectivity index (χ2n) is 7.12. The molecule has 24 heavy (non-hydrogen) atoms. The number of hydrogen-bond donors (Lipinski definition) is 2. The number of ether oxygens (including phenoxy) is 3. The summed E-state index contributed by atoms with van der Waals surface area (Å²) >= 11 is 0. The molecule has 0 aliphatic carbocycles. The van der Waals surface area contributed by atoms with Crippen LogP contribution < -0.4 is 20.1 Å². The van der Waals surface area contributed by atoms with Gasteiger partial charge in [0.2, 0.25) is 6.79 Å². The molecule has 0 bridgehead atoms. The lowest BCUT2D eigenvalue weighted by atomic mass is 10.1. The van der Waals surface area contributed by atoms with Crippen molar-refractivity contribution in [3.8, 4) is 11.5 Å². The number of alkyl carbamates (subject to hydrolysis) is 1. The minimum atomic E-state index is -0.476. The molecule has 0 saturated carbocycles. The predicted octanol–water partition coefficient (Wildman–Crippen LogP) is 3.37. The van der Waals surface area contributed by atoms with Gasteiger partial charge in [-0.1, -0.05) is 6.07 Å². The van der Waals surface area contributed by atoms with Crippen LogP contribution in [-0.2, 0) is 4.74 Å². The van der Waals surface area contributed by atoms with E-state index in [4.69, 9.17) is 14.2 Å². The molecule has 2 N–H and O–H groups in total. The lowest BCUT2D eigenvalue weighted by Crippen LogP contribution is -2.39. The summed E-state index contributed by atoms with van der Waals surface area (Å²) in [5.41, 5.74) is 0.669. The Kier molecular flexibility index (Phi) is 5.94. The van der Waals surface area contributed by atoms with Gasteiger partial charge in [0, 0.05) is 12.1 Å². The smallest absolute Gasteiger partial charge is 0.407 e. The van der Waals surface area contributed by atoms with Crippen molar-refractivity contribution in [2.24, 2.45) is 0 Å². The number of rotatable bonds is 6. The molecule has 1 aliphatic heterocycles. The first kappa shape index (κ1) is 18.4. The van der Waals surface area contributed by atoms with Crippen LogP contribution in [0.15, 0.2) is 18.2 Å². The third-order valence-electron chi connectivity index (χ3n) is 3.69. The van der Waals surface area contributed by atoms with E-state index in [1.54, 1.807) is 0 Å². The van der Waals surface area contributed by atoms with Crippen LogP contribution in [0.3, 0.4) is 0 Å². The lowest BCUT2D eigenvalue weighted by molar-refractivity contribution is 0.0506. The van der Waals surface area contributed by atoms with E-state index in [9.17, 15) is 4.79 Å². The fourth-order valence-corrected chi connectivity index (χ4v) is 2.40. The zero-order valence-corrected chi connectivity index (χ0v) is 15.1. The Balaban J connectivity index is 1.72. The number of benzene rings is 1. The lowest BCUT2D eigenvalue weighted by Gasteiger charge is -2.22. The first-order valence-electron chi connectivity index (χ1n) is 8.37. The first-order valence-corrected chi connectivity index (χ1v) is 8.37. The fourth-order valence-electron chi connectivity index (χ4n) is 2.40. The number of fused-ring (bicyclic) bond motifs is 1. The van der Waals surface area contributed by atoms with Gasteiger partial charge in [0.15, 0.2) is 11.5 Å². The molecule has 1 aliphatic rings.